The van der Waals surface area contributed by atoms with Crippen molar-refractivity contribution in [1.29, 1.82) is 5.26 Å². The molecule has 0 fully saturated rings. The Morgan fingerprint density at radius 3 is 2.82 bits per heavy atom. The Morgan fingerprint density at radius 1 is 1.59 bits per heavy atom. The number of hydrogen-bond donors (Lipinski definition) is 1. The summed E-state index contributed by atoms with van der Waals surface area (Å²) in [6, 6.07) is 5.91. The average molecular weight is 239 g/mol. The number of nitrogens with zero attached hydrogens (tertiary/aromatic N) is 1. The molecule has 1 N–H and O–H groups in total. The van der Waals surface area contributed by atoms with Gasteiger partial charge < -0.3 is 14.6 Å². The van der Waals surface area contributed by atoms with Gasteiger partial charge in [-0.3, -0.25) is 0 Å². The van der Waals surface area contributed by atoms with Crippen molar-refractivity contribution in [3.8, 4) is 17.6 Å². The normalized spacial score (nSPS) is 11.4. The molecule has 1 aromatic carbocycles. The van der Waals surface area contributed by atoms with Crippen molar-refractivity contribution in [3.63, 3.8) is 0 Å². The molecule has 0 aliphatic carbocycles. The minimum absolute atomic E-state index is 0.0549. The smallest absolute Gasteiger partial charge is 0.378 e. The Hall–Kier alpha value is -2.29. The standard InChI is InChI=1S/C11H10FNO4/c1-2-16-9-5-7(6-13)3-4-8(9)17-10(12)11(14)15/h3-5,10H,2H2,1H3,(H,14,15). The highest BCUT2D eigenvalue weighted by Gasteiger charge is 2.19. The van der Waals surface area contributed by atoms with E-state index in [0.29, 0.717) is 5.56 Å². The first-order valence-corrected chi connectivity index (χ1v) is 4.79. The maximum Gasteiger partial charge on any atom is 0.378 e. The van der Waals surface area contributed by atoms with Crippen molar-refractivity contribution in [2.24, 2.45) is 0 Å². The van der Waals surface area contributed by atoms with Gasteiger partial charge >= 0.3 is 12.3 Å². The molecular formula is C11H10FNO4. The van der Waals surface area contributed by atoms with E-state index in [0.717, 1.165) is 0 Å². The van der Waals surface area contributed by atoms with Gasteiger partial charge in [-0.25, -0.2) is 4.79 Å². The zero-order valence-electron chi connectivity index (χ0n) is 9.01. The zero-order valence-corrected chi connectivity index (χ0v) is 9.01. The number of hydrogen-bond acceptors (Lipinski definition) is 4. The number of carbonyl (C=O) groups is 1. The average Bonchev–Trinajstić information content (AvgIpc) is 2.31. The first-order chi connectivity index (χ1) is 8.08. The molecule has 17 heavy (non-hydrogen) atoms. The molecule has 0 saturated heterocycles. The van der Waals surface area contributed by atoms with E-state index in [1.807, 2.05) is 6.07 Å². The van der Waals surface area contributed by atoms with Crippen LogP contribution in [0.1, 0.15) is 12.5 Å². The molecule has 0 aliphatic rings. The second-order valence-electron chi connectivity index (χ2n) is 2.98. The van der Waals surface area contributed by atoms with Gasteiger partial charge in [-0.2, -0.15) is 9.65 Å². The summed E-state index contributed by atoms with van der Waals surface area (Å²) in [5.41, 5.74) is 0.312. The Bertz CT molecular complexity index is 455. The predicted octanol–water partition coefficient (Wildman–Crippen LogP) is 1.72. The molecule has 1 unspecified atom stereocenters. The van der Waals surface area contributed by atoms with E-state index < -0.39 is 12.3 Å². The lowest BCUT2D eigenvalue weighted by Crippen LogP contribution is -2.21. The largest absolute Gasteiger partial charge is 0.490 e. The summed E-state index contributed by atoms with van der Waals surface area (Å²) in [6.45, 7) is 1.99. The molecule has 0 amide bonds. The maximum atomic E-state index is 12.9. The van der Waals surface area contributed by atoms with E-state index in [1.165, 1.54) is 18.2 Å². The summed E-state index contributed by atoms with van der Waals surface area (Å²) in [6.07, 6.45) is -2.47. The van der Waals surface area contributed by atoms with Gasteiger partial charge in [0.15, 0.2) is 11.5 Å². The predicted molar refractivity (Wildman–Crippen MR) is 55.5 cm³/mol. The summed E-state index contributed by atoms with van der Waals surface area (Å²) in [5.74, 6) is -1.65. The number of aliphatic carboxylic acids is 1. The number of halogens is 1. The second kappa shape index (κ2) is 5.70. The highest BCUT2D eigenvalue weighted by atomic mass is 19.1. The number of ether oxygens (including phenoxy) is 2. The van der Waals surface area contributed by atoms with Crippen molar-refractivity contribution in [1.82, 2.24) is 0 Å². The highest BCUT2D eigenvalue weighted by Crippen LogP contribution is 2.29. The molecule has 1 aromatic rings. The second-order valence-corrected chi connectivity index (χ2v) is 2.98. The fourth-order valence-electron chi connectivity index (χ4n) is 1.11. The monoisotopic (exact) mass is 239 g/mol. The van der Waals surface area contributed by atoms with Crippen molar-refractivity contribution >= 4 is 5.97 Å². The van der Waals surface area contributed by atoms with Gasteiger partial charge in [0.1, 0.15) is 0 Å². The van der Waals surface area contributed by atoms with E-state index in [2.05, 4.69) is 4.74 Å². The summed E-state index contributed by atoms with van der Waals surface area (Å²) in [7, 11) is 0. The van der Waals surface area contributed by atoms with Crippen molar-refractivity contribution < 1.29 is 23.8 Å². The molecule has 6 heteroatoms. The van der Waals surface area contributed by atoms with Crippen LogP contribution in [-0.2, 0) is 4.79 Å². The number of carboxylic acid groups (broad SMARTS) is 1. The van der Waals surface area contributed by atoms with Crippen LogP contribution in [0.5, 0.6) is 11.5 Å². The Morgan fingerprint density at radius 2 is 2.29 bits per heavy atom. The van der Waals surface area contributed by atoms with Crippen LogP contribution in [0.25, 0.3) is 0 Å². The molecule has 0 aromatic heterocycles. The quantitative estimate of drug-likeness (QED) is 0.846. The van der Waals surface area contributed by atoms with E-state index in [-0.39, 0.29) is 18.1 Å². The number of rotatable bonds is 5. The van der Waals surface area contributed by atoms with Gasteiger partial charge in [0.05, 0.1) is 18.2 Å². The van der Waals surface area contributed by atoms with Gasteiger partial charge in [0, 0.05) is 6.07 Å². The number of benzene rings is 1. The molecule has 0 aliphatic heterocycles. The highest BCUT2D eigenvalue weighted by molar-refractivity contribution is 5.71. The van der Waals surface area contributed by atoms with Crippen LogP contribution in [0.4, 0.5) is 4.39 Å². The van der Waals surface area contributed by atoms with Crippen LogP contribution in [0.3, 0.4) is 0 Å². The third-order valence-corrected chi connectivity index (χ3v) is 1.80. The van der Waals surface area contributed by atoms with Crippen LogP contribution in [0, 0.1) is 11.3 Å². The SMILES string of the molecule is CCOc1cc(C#N)ccc1OC(F)C(=O)O. The van der Waals surface area contributed by atoms with Crippen LogP contribution < -0.4 is 9.47 Å². The summed E-state index contributed by atoms with van der Waals surface area (Å²) in [4.78, 5) is 10.3. The van der Waals surface area contributed by atoms with E-state index >= 15 is 0 Å². The number of nitriles is 1. The van der Waals surface area contributed by atoms with Crippen LogP contribution in [0.2, 0.25) is 0 Å². The van der Waals surface area contributed by atoms with Crippen molar-refractivity contribution in [2.75, 3.05) is 6.61 Å². The van der Waals surface area contributed by atoms with E-state index in [4.69, 9.17) is 15.1 Å². The van der Waals surface area contributed by atoms with Crippen molar-refractivity contribution in [2.45, 2.75) is 13.3 Å². The topological polar surface area (TPSA) is 79.5 Å². The third kappa shape index (κ3) is 3.34. The minimum atomic E-state index is -2.47. The fraction of sp³-hybridized carbons (Fsp3) is 0.273. The maximum absolute atomic E-state index is 12.9. The molecule has 0 radical (unpaired) electrons. The lowest BCUT2D eigenvalue weighted by atomic mass is 10.2. The first kappa shape index (κ1) is 12.8. The lowest BCUT2D eigenvalue weighted by molar-refractivity contribution is -0.153. The first-order valence-electron chi connectivity index (χ1n) is 4.79. The van der Waals surface area contributed by atoms with E-state index in [9.17, 15) is 9.18 Å². The van der Waals surface area contributed by atoms with Gasteiger partial charge in [-0.05, 0) is 19.1 Å². The Balaban J connectivity index is 2.98. The molecule has 1 rings (SSSR count). The van der Waals surface area contributed by atoms with Gasteiger partial charge in [0.2, 0.25) is 0 Å². The summed E-state index contributed by atoms with van der Waals surface area (Å²) >= 11 is 0. The van der Waals surface area contributed by atoms with Crippen LogP contribution >= 0.6 is 0 Å². The molecule has 0 heterocycles. The number of carboxylic acids is 1. The summed E-state index contributed by atoms with van der Waals surface area (Å²) in [5, 5.41) is 17.0. The Labute approximate surface area is 97.0 Å². The van der Waals surface area contributed by atoms with Crippen LogP contribution in [-0.4, -0.2) is 24.0 Å². The third-order valence-electron chi connectivity index (χ3n) is 1.80. The van der Waals surface area contributed by atoms with Crippen molar-refractivity contribution in [3.05, 3.63) is 23.8 Å². The molecule has 0 saturated carbocycles. The minimum Gasteiger partial charge on any atom is -0.490 e. The molecule has 90 valence electrons. The van der Waals surface area contributed by atoms with Gasteiger partial charge in [0.25, 0.3) is 0 Å². The van der Waals surface area contributed by atoms with Crippen LogP contribution in [0.15, 0.2) is 18.2 Å². The lowest BCUT2D eigenvalue weighted by Gasteiger charge is -2.12. The molecule has 0 spiro atoms. The molecule has 1 atom stereocenters. The zero-order chi connectivity index (χ0) is 12.8. The fourth-order valence-corrected chi connectivity index (χ4v) is 1.11. The molecule has 0 bridgehead atoms. The van der Waals surface area contributed by atoms with Gasteiger partial charge in [-0.15, -0.1) is 0 Å². The summed E-state index contributed by atoms with van der Waals surface area (Å²) < 4.78 is 22.6. The molecule has 5 nitrogen and oxygen atoms in total. The Kier molecular flexibility index (Phi) is 4.29. The van der Waals surface area contributed by atoms with Gasteiger partial charge in [-0.1, -0.05) is 0 Å². The number of alkyl halides is 1. The molecular weight excluding hydrogens is 229 g/mol. The van der Waals surface area contributed by atoms with E-state index in [1.54, 1.807) is 6.92 Å².